The number of halogens is 1. The third-order valence-corrected chi connectivity index (χ3v) is 4.93. The van der Waals surface area contributed by atoms with Crippen LogP contribution in [0.25, 0.3) is 0 Å². The fourth-order valence-electron chi connectivity index (χ4n) is 2.94. The van der Waals surface area contributed by atoms with Crippen molar-refractivity contribution in [1.82, 2.24) is 0 Å². The normalized spacial score (nSPS) is 13.5. The lowest BCUT2D eigenvalue weighted by Gasteiger charge is -2.17. The highest BCUT2D eigenvalue weighted by Gasteiger charge is 2.28. The Morgan fingerprint density at radius 3 is 2.65 bits per heavy atom. The molecule has 0 aromatic heterocycles. The molecule has 1 saturated carbocycles. The molecule has 1 aliphatic rings. The Hall–Kier alpha value is -2.01. The molecule has 1 aliphatic carbocycles. The molecule has 5 heteroatoms. The van der Waals surface area contributed by atoms with E-state index in [0.717, 1.165) is 36.0 Å². The van der Waals surface area contributed by atoms with Gasteiger partial charge in [-0.05, 0) is 48.4 Å². The first-order valence-electron chi connectivity index (χ1n) is 9.00. The van der Waals surface area contributed by atoms with Gasteiger partial charge >= 0.3 is 5.97 Å². The molecule has 3 rings (SSSR count). The number of ether oxygens (including phenoxy) is 2. The van der Waals surface area contributed by atoms with Crippen LogP contribution in [0.1, 0.15) is 55.7 Å². The fraction of sp³-hybridized carbons (Fsp3) is 0.381. The Bertz CT molecular complexity index is 815. The molecular formula is C21H23FO3S. The predicted molar refractivity (Wildman–Crippen MR) is 102 cm³/mol. The molecule has 0 saturated heterocycles. The molecule has 0 heterocycles. The van der Waals surface area contributed by atoms with E-state index < -0.39 is 5.82 Å². The minimum absolute atomic E-state index is 0.224. The second-order valence-electron chi connectivity index (χ2n) is 6.48. The molecule has 0 atom stereocenters. The molecule has 2 aromatic rings. The average molecular weight is 374 g/mol. The van der Waals surface area contributed by atoms with Crippen LogP contribution in [0.3, 0.4) is 0 Å². The van der Waals surface area contributed by atoms with Gasteiger partial charge in [-0.1, -0.05) is 26.0 Å². The second kappa shape index (κ2) is 8.12. The second-order valence-corrected chi connectivity index (χ2v) is 6.96. The largest absolute Gasteiger partial charge is 0.488 e. The van der Waals surface area contributed by atoms with Gasteiger partial charge in [0.25, 0.3) is 0 Å². The molecule has 0 spiro atoms. The van der Waals surface area contributed by atoms with E-state index in [0.29, 0.717) is 28.7 Å². The van der Waals surface area contributed by atoms with Crippen LogP contribution < -0.4 is 9.47 Å². The number of hydrogen-bond donors (Lipinski definition) is 1. The van der Waals surface area contributed by atoms with Crippen LogP contribution in [0.4, 0.5) is 4.39 Å². The summed E-state index contributed by atoms with van der Waals surface area (Å²) in [5, 5.41) is 0. The number of esters is 1. The number of thiol groups is 1. The third-order valence-electron chi connectivity index (χ3n) is 4.59. The predicted octanol–water partition coefficient (Wildman–Crippen LogP) is 5.45. The van der Waals surface area contributed by atoms with Gasteiger partial charge in [-0.3, -0.25) is 4.79 Å². The van der Waals surface area contributed by atoms with Gasteiger partial charge in [0.05, 0.1) is 0 Å². The molecule has 0 unspecified atom stereocenters. The number of rotatable bonds is 7. The van der Waals surface area contributed by atoms with Crippen LogP contribution in [-0.2, 0) is 17.8 Å². The molecule has 0 aliphatic heterocycles. The van der Waals surface area contributed by atoms with Crippen molar-refractivity contribution < 1.29 is 18.7 Å². The first kappa shape index (κ1) is 18.8. The molecule has 26 heavy (non-hydrogen) atoms. The molecule has 0 bridgehead atoms. The highest BCUT2D eigenvalue weighted by molar-refractivity contribution is 7.80. The Labute approximate surface area is 158 Å². The first-order chi connectivity index (χ1) is 12.5. The highest BCUT2D eigenvalue weighted by Crippen LogP contribution is 2.45. The first-order valence-corrected chi connectivity index (χ1v) is 9.44. The Kier molecular flexibility index (Phi) is 5.87. The lowest BCUT2D eigenvalue weighted by atomic mass is 10.0. The maximum Gasteiger partial charge on any atom is 0.310 e. The smallest absolute Gasteiger partial charge is 0.310 e. The van der Waals surface area contributed by atoms with Crippen LogP contribution in [0.5, 0.6) is 11.5 Å². The summed E-state index contributed by atoms with van der Waals surface area (Å²) in [5.74, 6) is 0.782. The standard InChI is InChI=1S/C21H23FO3S/c1-3-13-6-5-7-18(25-21(23)4-2)16(13)12-24-19-11-17(22)20(26)10-15(19)14-8-9-14/h5-7,10-11,14,26H,3-4,8-9,12H2,1-2H3. The zero-order chi connectivity index (χ0) is 18.7. The fourth-order valence-corrected chi connectivity index (χ4v) is 3.15. The molecule has 3 nitrogen and oxygen atoms in total. The van der Waals surface area contributed by atoms with Gasteiger partial charge in [-0.2, -0.15) is 0 Å². The Morgan fingerprint density at radius 1 is 1.23 bits per heavy atom. The topological polar surface area (TPSA) is 35.5 Å². The quantitative estimate of drug-likeness (QED) is 0.398. The van der Waals surface area contributed by atoms with Crippen LogP contribution in [0, 0.1) is 5.82 Å². The molecule has 0 amide bonds. The monoisotopic (exact) mass is 374 g/mol. The van der Waals surface area contributed by atoms with Gasteiger partial charge < -0.3 is 9.47 Å². The molecule has 0 radical (unpaired) electrons. The lowest BCUT2D eigenvalue weighted by molar-refractivity contribution is -0.134. The molecule has 2 aromatic carbocycles. The lowest BCUT2D eigenvalue weighted by Crippen LogP contribution is -2.10. The van der Waals surface area contributed by atoms with Crippen molar-refractivity contribution in [1.29, 1.82) is 0 Å². The van der Waals surface area contributed by atoms with Crippen LogP contribution in [0.2, 0.25) is 0 Å². The summed E-state index contributed by atoms with van der Waals surface area (Å²) in [6.45, 7) is 4.02. The van der Waals surface area contributed by atoms with Crippen molar-refractivity contribution in [3.8, 4) is 11.5 Å². The molecule has 1 fully saturated rings. The number of carbonyl (C=O) groups excluding carboxylic acids is 1. The number of aryl methyl sites for hydroxylation is 1. The number of hydrogen-bond acceptors (Lipinski definition) is 4. The average Bonchev–Trinajstić information content (AvgIpc) is 3.47. The SMILES string of the molecule is CCC(=O)Oc1cccc(CC)c1COc1cc(F)c(S)cc1C1CC1. The summed E-state index contributed by atoms with van der Waals surface area (Å²) < 4.78 is 25.4. The maximum atomic E-state index is 14.0. The van der Waals surface area contributed by atoms with Crippen molar-refractivity contribution >= 4 is 18.6 Å². The Balaban J connectivity index is 1.88. The maximum absolute atomic E-state index is 14.0. The zero-order valence-electron chi connectivity index (χ0n) is 15.0. The van der Waals surface area contributed by atoms with E-state index in [1.54, 1.807) is 19.1 Å². The van der Waals surface area contributed by atoms with Crippen LogP contribution >= 0.6 is 12.6 Å². The van der Waals surface area contributed by atoms with Crippen molar-refractivity contribution in [3.63, 3.8) is 0 Å². The van der Waals surface area contributed by atoms with Gasteiger partial charge in [-0.15, -0.1) is 12.6 Å². The van der Waals surface area contributed by atoms with Gasteiger partial charge in [0.1, 0.15) is 23.9 Å². The zero-order valence-corrected chi connectivity index (χ0v) is 15.9. The summed E-state index contributed by atoms with van der Waals surface area (Å²) in [6.07, 6.45) is 3.26. The highest BCUT2D eigenvalue weighted by atomic mass is 32.1. The van der Waals surface area contributed by atoms with Gasteiger partial charge in [0, 0.05) is 22.9 Å². The third kappa shape index (κ3) is 4.21. The van der Waals surface area contributed by atoms with Crippen LogP contribution in [-0.4, -0.2) is 5.97 Å². The van der Waals surface area contributed by atoms with Gasteiger partial charge in [0.15, 0.2) is 0 Å². The molecule has 138 valence electrons. The van der Waals surface area contributed by atoms with Crippen molar-refractivity contribution in [2.45, 2.75) is 57.0 Å². The van der Waals surface area contributed by atoms with Gasteiger partial charge in [-0.25, -0.2) is 4.39 Å². The van der Waals surface area contributed by atoms with E-state index in [1.807, 2.05) is 19.1 Å². The van der Waals surface area contributed by atoms with Crippen molar-refractivity contribution in [2.75, 3.05) is 0 Å². The summed E-state index contributed by atoms with van der Waals surface area (Å²) in [5.41, 5.74) is 2.87. The summed E-state index contributed by atoms with van der Waals surface area (Å²) in [6, 6.07) is 8.79. The number of benzene rings is 2. The van der Waals surface area contributed by atoms with E-state index in [-0.39, 0.29) is 12.6 Å². The van der Waals surface area contributed by atoms with E-state index in [2.05, 4.69) is 12.6 Å². The summed E-state index contributed by atoms with van der Waals surface area (Å²) in [4.78, 5) is 12.1. The molecular weight excluding hydrogens is 351 g/mol. The van der Waals surface area contributed by atoms with Crippen molar-refractivity contribution in [2.24, 2.45) is 0 Å². The minimum atomic E-state index is -0.394. The summed E-state index contributed by atoms with van der Waals surface area (Å²) >= 11 is 4.18. The summed E-state index contributed by atoms with van der Waals surface area (Å²) in [7, 11) is 0. The van der Waals surface area contributed by atoms with Gasteiger partial charge in [0.2, 0.25) is 0 Å². The van der Waals surface area contributed by atoms with Crippen LogP contribution in [0.15, 0.2) is 35.2 Å². The minimum Gasteiger partial charge on any atom is -0.488 e. The van der Waals surface area contributed by atoms with E-state index >= 15 is 0 Å². The Morgan fingerprint density at radius 2 is 2.00 bits per heavy atom. The number of carbonyl (C=O) groups is 1. The van der Waals surface area contributed by atoms with E-state index in [4.69, 9.17) is 9.47 Å². The van der Waals surface area contributed by atoms with Crippen molar-refractivity contribution in [3.05, 3.63) is 52.8 Å². The molecule has 0 N–H and O–H groups in total. The van der Waals surface area contributed by atoms with E-state index in [1.165, 1.54) is 6.07 Å². The van der Waals surface area contributed by atoms with E-state index in [9.17, 15) is 9.18 Å².